The largest absolute Gasteiger partial charge is 0.204 e. The number of hydrogen-bond donors (Lipinski definition) is 0. The van der Waals surface area contributed by atoms with Crippen molar-refractivity contribution in [3.05, 3.63) is 21.7 Å². The lowest BCUT2D eigenvalue weighted by molar-refractivity contribution is 0.535. The van der Waals surface area contributed by atoms with Crippen LogP contribution < -0.4 is 0 Å². The quantitative estimate of drug-likeness (QED) is 0.578. The maximum atomic E-state index is 12.6. The van der Waals surface area contributed by atoms with Crippen molar-refractivity contribution in [1.82, 2.24) is 0 Å². The van der Waals surface area contributed by atoms with E-state index in [2.05, 4.69) is 15.9 Å². The zero-order valence-electron chi connectivity index (χ0n) is 6.13. The highest BCUT2D eigenvalue weighted by molar-refractivity contribution is 9.11. The molecule has 58 valence electrons. The first-order valence-electron chi connectivity index (χ1n) is 2.82. The van der Waals surface area contributed by atoms with Crippen LogP contribution in [0.25, 0.3) is 0 Å². The van der Waals surface area contributed by atoms with Crippen LogP contribution in [0.15, 0.2) is 21.7 Å². The first-order valence-corrected chi connectivity index (χ1v) is 3.61. The van der Waals surface area contributed by atoms with Gasteiger partial charge in [-0.15, -0.1) is 0 Å². The fraction of sp³-hybridized carbons (Fsp3) is 0.429. The second-order valence-corrected chi connectivity index (χ2v) is 3.35. The molecule has 0 aliphatic rings. The minimum absolute atomic E-state index is 0.186. The third-order valence-electron chi connectivity index (χ3n) is 0.934. The van der Waals surface area contributed by atoms with Crippen molar-refractivity contribution in [3.8, 4) is 0 Å². The third kappa shape index (κ3) is 2.60. The van der Waals surface area contributed by atoms with E-state index in [1.165, 1.54) is 20.8 Å². The van der Waals surface area contributed by atoms with Crippen LogP contribution >= 0.6 is 15.9 Å². The maximum Gasteiger partial charge on any atom is 0.168 e. The molecule has 0 aromatic heterocycles. The van der Waals surface area contributed by atoms with Crippen molar-refractivity contribution in [2.75, 3.05) is 0 Å². The van der Waals surface area contributed by atoms with Crippen LogP contribution in [0, 0.1) is 0 Å². The van der Waals surface area contributed by atoms with Gasteiger partial charge in [-0.05, 0) is 26.3 Å². The van der Waals surface area contributed by atoms with Crippen molar-refractivity contribution >= 4 is 15.9 Å². The van der Waals surface area contributed by atoms with Gasteiger partial charge < -0.3 is 0 Å². The first kappa shape index (κ1) is 9.82. The van der Waals surface area contributed by atoms with Crippen molar-refractivity contribution in [1.29, 1.82) is 0 Å². The monoisotopic (exact) mass is 210 g/mol. The van der Waals surface area contributed by atoms with Gasteiger partial charge in [-0.3, -0.25) is 0 Å². The zero-order valence-corrected chi connectivity index (χ0v) is 7.72. The predicted molar refractivity (Wildman–Crippen MR) is 42.2 cm³/mol. The average molecular weight is 211 g/mol. The van der Waals surface area contributed by atoms with E-state index in [9.17, 15) is 8.78 Å². The molecule has 0 radical (unpaired) electrons. The molecule has 0 rings (SSSR count). The molecule has 0 aliphatic heterocycles. The van der Waals surface area contributed by atoms with E-state index in [-0.39, 0.29) is 4.48 Å². The Balaban J connectivity index is 4.71. The van der Waals surface area contributed by atoms with E-state index < -0.39 is 11.7 Å². The summed E-state index contributed by atoms with van der Waals surface area (Å²) in [6.45, 7) is 4.49. The van der Waals surface area contributed by atoms with Crippen LogP contribution in [0.4, 0.5) is 8.78 Å². The molecule has 0 saturated heterocycles. The van der Waals surface area contributed by atoms with Gasteiger partial charge in [0.15, 0.2) is 11.7 Å². The predicted octanol–water partition coefficient (Wildman–Crippen LogP) is 3.85. The van der Waals surface area contributed by atoms with Crippen LogP contribution in [0.1, 0.15) is 20.8 Å². The lowest BCUT2D eigenvalue weighted by Crippen LogP contribution is -1.80. The van der Waals surface area contributed by atoms with E-state index in [1.807, 2.05) is 0 Å². The molecular weight excluding hydrogens is 202 g/mol. The molecule has 0 aromatic carbocycles. The Morgan fingerprint density at radius 3 is 1.50 bits per heavy atom. The Kier molecular flexibility index (Phi) is 3.79. The fourth-order valence-electron chi connectivity index (χ4n) is 0.371. The highest BCUT2D eigenvalue weighted by atomic mass is 79.9. The third-order valence-corrected chi connectivity index (χ3v) is 1.28. The van der Waals surface area contributed by atoms with E-state index >= 15 is 0 Å². The fourth-order valence-corrected chi connectivity index (χ4v) is 0.545. The molecule has 3 heteroatoms. The molecule has 0 fully saturated rings. The Hall–Kier alpha value is -0.180. The van der Waals surface area contributed by atoms with Crippen LogP contribution in [0.3, 0.4) is 0 Å². The first-order chi connectivity index (χ1) is 4.46. The number of hydrogen-bond acceptors (Lipinski definition) is 0. The average Bonchev–Trinajstić information content (AvgIpc) is 1.84. The van der Waals surface area contributed by atoms with E-state index in [0.717, 1.165) is 0 Å². The standard InChI is InChI=1S/C7H9BrF2/c1-4(2)6(9)7(10)5(3)8/h1-3H3. The molecule has 0 saturated carbocycles. The second kappa shape index (κ2) is 3.86. The lowest BCUT2D eigenvalue weighted by atomic mass is 10.3. The van der Waals surface area contributed by atoms with Gasteiger partial charge in [-0.25, -0.2) is 8.78 Å². The van der Waals surface area contributed by atoms with E-state index in [0.29, 0.717) is 5.57 Å². The summed E-state index contributed by atoms with van der Waals surface area (Å²) in [6, 6.07) is 0. The number of halogens is 3. The second-order valence-electron chi connectivity index (χ2n) is 2.16. The maximum absolute atomic E-state index is 12.6. The Labute approximate surface area is 67.7 Å². The van der Waals surface area contributed by atoms with Gasteiger partial charge in [0, 0.05) is 4.48 Å². The Morgan fingerprint density at radius 1 is 1.00 bits per heavy atom. The molecule has 0 atom stereocenters. The van der Waals surface area contributed by atoms with Crippen LogP contribution in [-0.2, 0) is 0 Å². The van der Waals surface area contributed by atoms with Gasteiger partial charge >= 0.3 is 0 Å². The molecule has 0 spiro atoms. The van der Waals surface area contributed by atoms with Gasteiger partial charge in [0.25, 0.3) is 0 Å². The summed E-state index contributed by atoms with van der Waals surface area (Å²) in [7, 11) is 0. The number of rotatable bonds is 1. The lowest BCUT2D eigenvalue weighted by Gasteiger charge is -1.96. The van der Waals surface area contributed by atoms with Gasteiger partial charge in [0.2, 0.25) is 0 Å². The van der Waals surface area contributed by atoms with Gasteiger partial charge in [-0.2, -0.15) is 0 Å². The SMILES string of the molecule is CC(C)=C(F)C(F)=C(C)Br. The summed E-state index contributed by atoms with van der Waals surface area (Å²) < 4.78 is 25.3. The van der Waals surface area contributed by atoms with Crippen LogP contribution in [0.2, 0.25) is 0 Å². The van der Waals surface area contributed by atoms with Crippen LogP contribution in [-0.4, -0.2) is 0 Å². The Morgan fingerprint density at radius 2 is 1.40 bits per heavy atom. The molecule has 0 nitrogen and oxygen atoms in total. The van der Waals surface area contributed by atoms with Gasteiger partial charge in [0.1, 0.15) is 0 Å². The summed E-state index contributed by atoms with van der Waals surface area (Å²) in [5.41, 5.74) is 0.344. The number of allylic oxidation sites excluding steroid dienone is 4. The highest BCUT2D eigenvalue weighted by Crippen LogP contribution is 2.23. The molecule has 0 aliphatic carbocycles. The summed E-state index contributed by atoms with van der Waals surface area (Å²) in [5, 5.41) is 0. The molecular formula is C7H9BrF2. The van der Waals surface area contributed by atoms with Crippen LogP contribution in [0.5, 0.6) is 0 Å². The summed E-state index contributed by atoms with van der Waals surface area (Å²) in [5.74, 6) is -1.60. The van der Waals surface area contributed by atoms with Crippen molar-refractivity contribution in [2.24, 2.45) is 0 Å². The normalized spacial score (nSPS) is 12.6. The molecule has 0 bridgehead atoms. The minimum atomic E-state index is -0.819. The molecule has 0 aromatic rings. The summed E-state index contributed by atoms with van der Waals surface area (Å²) >= 11 is 2.84. The van der Waals surface area contributed by atoms with Crippen molar-refractivity contribution < 1.29 is 8.78 Å². The molecule has 0 unspecified atom stereocenters. The molecule has 0 amide bonds. The molecule has 0 heterocycles. The summed E-state index contributed by atoms with van der Waals surface area (Å²) in [4.78, 5) is 0. The summed E-state index contributed by atoms with van der Waals surface area (Å²) in [6.07, 6.45) is 0. The van der Waals surface area contributed by atoms with E-state index in [1.54, 1.807) is 0 Å². The highest BCUT2D eigenvalue weighted by Gasteiger charge is 2.06. The van der Waals surface area contributed by atoms with E-state index in [4.69, 9.17) is 0 Å². The topological polar surface area (TPSA) is 0 Å². The zero-order chi connectivity index (χ0) is 8.31. The van der Waals surface area contributed by atoms with Gasteiger partial charge in [-0.1, -0.05) is 15.9 Å². The Bertz CT molecular complexity index is 162. The molecule has 0 N–H and O–H groups in total. The smallest absolute Gasteiger partial charge is 0.168 e. The molecule has 10 heavy (non-hydrogen) atoms. The van der Waals surface area contributed by atoms with Crippen molar-refractivity contribution in [2.45, 2.75) is 20.8 Å². The van der Waals surface area contributed by atoms with Gasteiger partial charge in [0.05, 0.1) is 0 Å². The minimum Gasteiger partial charge on any atom is -0.204 e. The van der Waals surface area contributed by atoms with Crippen molar-refractivity contribution in [3.63, 3.8) is 0 Å².